The number of fused-ring (bicyclic) bond motifs is 1. The Hall–Kier alpha value is -2.18. The quantitative estimate of drug-likeness (QED) is 0.468. The summed E-state index contributed by atoms with van der Waals surface area (Å²) in [5, 5.41) is 5.16. The molecule has 6 nitrogen and oxygen atoms in total. The average molecular weight is 375 g/mol. The maximum Gasteiger partial charge on any atom is 0.0835 e. The van der Waals surface area contributed by atoms with Gasteiger partial charge in [-0.15, -0.1) is 0 Å². The largest absolute Gasteiger partial charge is 0.396 e. The Morgan fingerprint density at radius 1 is 1.04 bits per heavy atom. The fraction of sp³-hybridized carbons (Fsp3) is 0.524. The summed E-state index contributed by atoms with van der Waals surface area (Å²) in [6.45, 7) is 7.64. The summed E-state index contributed by atoms with van der Waals surface area (Å²) in [7, 11) is 1.73. The smallest absolute Gasteiger partial charge is 0.0835 e. The number of benzene rings is 2. The second-order valence-corrected chi connectivity index (χ2v) is 7.49. The van der Waals surface area contributed by atoms with Crippen LogP contribution in [0.1, 0.15) is 40.0 Å². The number of rotatable bonds is 10. The highest BCUT2D eigenvalue weighted by molar-refractivity contribution is 6.12. The zero-order chi connectivity index (χ0) is 20.0. The van der Waals surface area contributed by atoms with Crippen LogP contribution in [0.4, 0.5) is 22.7 Å². The fourth-order valence-electron chi connectivity index (χ4n) is 3.04. The molecule has 0 aliphatic rings. The normalized spacial score (nSPS) is 13.0. The van der Waals surface area contributed by atoms with Crippen molar-refractivity contribution in [3.8, 4) is 0 Å². The lowest BCUT2D eigenvalue weighted by Gasteiger charge is -2.24. The van der Waals surface area contributed by atoms with Crippen molar-refractivity contribution in [2.75, 3.05) is 42.8 Å². The van der Waals surface area contributed by atoms with Gasteiger partial charge in [-0.1, -0.05) is 31.2 Å². The lowest BCUT2D eigenvalue weighted by Crippen LogP contribution is -2.26. The maximum absolute atomic E-state index is 6.34. The van der Waals surface area contributed by atoms with E-state index in [-0.39, 0.29) is 11.7 Å². The molecule has 1 unspecified atom stereocenters. The third-order valence-electron chi connectivity index (χ3n) is 5.17. The summed E-state index contributed by atoms with van der Waals surface area (Å²) >= 11 is 0. The van der Waals surface area contributed by atoms with Gasteiger partial charge in [-0.05, 0) is 33.1 Å². The molecule has 0 aromatic heterocycles. The van der Waals surface area contributed by atoms with Gasteiger partial charge in [0.1, 0.15) is 0 Å². The Labute approximate surface area is 162 Å². The van der Waals surface area contributed by atoms with Gasteiger partial charge < -0.3 is 32.0 Å². The minimum Gasteiger partial charge on any atom is -0.396 e. The van der Waals surface area contributed by atoms with E-state index in [1.165, 1.54) is 0 Å². The van der Waals surface area contributed by atoms with Crippen molar-refractivity contribution in [1.82, 2.24) is 0 Å². The molecule has 0 heterocycles. The molecule has 27 heavy (non-hydrogen) atoms. The van der Waals surface area contributed by atoms with Gasteiger partial charge >= 0.3 is 0 Å². The molecule has 0 aliphatic carbocycles. The molecule has 2 aromatic rings. The van der Waals surface area contributed by atoms with Gasteiger partial charge in [0, 0.05) is 31.0 Å². The van der Waals surface area contributed by atoms with E-state index in [1.54, 1.807) is 7.11 Å². The average Bonchev–Trinajstić information content (AvgIpc) is 2.67. The fourth-order valence-corrected chi connectivity index (χ4v) is 3.04. The van der Waals surface area contributed by atoms with Crippen molar-refractivity contribution >= 4 is 33.5 Å². The number of methoxy groups -OCH3 is 1. The topological polar surface area (TPSA) is 109 Å². The Bertz CT molecular complexity index is 761. The highest BCUT2D eigenvalue weighted by Crippen LogP contribution is 2.40. The first-order valence-corrected chi connectivity index (χ1v) is 9.56. The SMILES string of the molecule is CCC(CCNc1c(N)c(N)c2ccccc2c1N)OCCC(C)(C)OC. The number of hydrogen-bond acceptors (Lipinski definition) is 6. The third-order valence-corrected chi connectivity index (χ3v) is 5.17. The molecule has 1 atom stereocenters. The van der Waals surface area contributed by atoms with Crippen molar-refractivity contribution in [3.63, 3.8) is 0 Å². The van der Waals surface area contributed by atoms with Crippen LogP contribution in [-0.2, 0) is 9.47 Å². The highest BCUT2D eigenvalue weighted by atomic mass is 16.5. The van der Waals surface area contributed by atoms with Gasteiger partial charge in [-0.25, -0.2) is 0 Å². The lowest BCUT2D eigenvalue weighted by molar-refractivity contribution is -0.0283. The van der Waals surface area contributed by atoms with E-state index in [2.05, 4.69) is 26.1 Å². The van der Waals surface area contributed by atoms with Crippen LogP contribution < -0.4 is 22.5 Å². The zero-order valence-electron chi connectivity index (χ0n) is 17.0. The van der Waals surface area contributed by atoms with Gasteiger partial charge in [-0.2, -0.15) is 0 Å². The number of hydrogen-bond donors (Lipinski definition) is 4. The van der Waals surface area contributed by atoms with E-state index in [9.17, 15) is 0 Å². The highest BCUT2D eigenvalue weighted by Gasteiger charge is 2.18. The first-order valence-electron chi connectivity index (χ1n) is 9.56. The van der Waals surface area contributed by atoms with Crippen LogP contribution in [0.15, 0.2) is 24.3 Å². The maximum atomic E-state index is 6.34. The first-order chi connectivity index (χ1) is 12.8. The van der Waals surface area contributed by atoms with E-state index in [1.807, 2.05) is 24.3 Å². The number of nitrogens with two attached hydrogens (primary N) is 3. The minimum atomic E-state index is -0.165. The van der Waals surface area contributed by atoms with Crippen LogP contribution in [-0.4, -0.2) is 32.0 Å². The minimum absolute atomic E-state index is 0.165. The predicted molar refractivity (Wildman–Crippen MR) is 116 cm³/mol. The second-order valence-electron chi connectivity index (χ2n) is 7.49. The lowest BCUT2D eigenvalue weighted by atomic mass is 10.0. The predicted octanol–water partition coefficient (Wildman–Crippen LogP) is 4.00. The number of nitrogens with one attached hydrogen (secondary N) is 1. The Morgan fingerprint density at radius 3 is 2.26 bits per heavy atom. The van der Waals surface area contributed by atoms with Crippen molar-refractivity contribution in [2.24, 2.45) is 0 Å². The van der Waals surface area contributed by atoms with E-state index in [4.69, 9.17) is 26.7 Å². The second kappa shape index (κ2) is 9.15. The summed E-state index contributed by atoms with van der Waals surface area (Å²) < 4.78 is 11.4. The molecule has 0 aliphatic heterocycles. The first kappa shape index (κ1) is 21.1. The van der Waals surface area contributed by atoms with Gasteiger partial charge in [-0.3, -0.25) is 0 Å². The van der Waals surface area contributed by atoms with Crippen LogP contribution in [0.2, 0.25) is 0 Å². The molecule has 0 fully saturated rings. The van der Waals surface area contributed by atoms with Crippen LogP contribution >= 0.6 is 0 Å². The van der Waals surface area contributed by atoms with Crippen LogP contribution in [0.5, 0.6) is 0 Å². The van der Waals surface area contributed by atoms with E-state index in [0.717, 1.165) is 30.0 Å². The number of nitrogen functional groups attached to an aromatic ring is 3. The van der Waals surface area contributed by atoms with Gasteiger partial charge in [0.15, 0.2) is 0 Å². The Balaban J connectivity index is 1.98. The van der Waals surface area contributed by atoms with Crippen LogP contribution in [0.25, 0.3) is 10.8 Å². The summed E-state index contributed by atoms with van der Waals surface area (Å²) in [6.07, 6.45) is 2.83. The Kier molecular flexibility index (Phi) is 7.16. The molecule has 6 heteroatoms. The third kappa shape index (κ3) is 5.17. The summed E-state index contributed by atoms with van der Waals surface area (Å²) in [4.78, 5) is 0. The van der Waals surface area contributed by atoms with E-state index < -0.39 is 0 Å². The van der Waals surface area contributed by atoms with Crippen LogP contribution in [0.3, 0.4) is 0 Å². The van der Waals surface area contributed by atoms with Crippen molar-refractivity contribution in [3.05, 3.63) is 24.3 Å². The molecule has 2 rings (SSSR count). The zero-order valence-corrected chi connectivity index (χ0v) is 17.0. The molecule has 2 aromatic carbocycles. The number of anilines is 4. The standard InChI is InChI=1S/C21H34N4O2/c1-5-14(27-13-11-21(2,3)26-4)10-12-25-20-18(23)16-9-7-6-8-15(16)17(22)19(20)24/h6-9,14,25H,5,10-13,22-24H2,1-4H3. The van der Waals surface area contributed by atoms with Crippen molar-refractivity contribution in [1.29, 1.82) is 0 Å². The molecule has 7 N–H and O–H groups in total. The molecule has 0 radical (unpaired) electrons. The van der Waals surface area contributed by atoms with E-state index in [0.29, 0.717) is 35.9 Å². The molecular weight excluding hydrogens is 340 g/mol. The Morgan fingerprint density at radius 2 is 1.67 bits per heavy atom. The summed E-state index contributed by atoms with van der Waals surface area (Å²) in [5.41, 5.74) is 21.0. The summed E-state index contributed by atoms with van der Waals surface area (Å²) in [5.74, 6) is 0. The summed E-state index contributed by atoms with van der Waals surface area (Å²) in [6, 6.07) is 7.77. The van der Waals surface area contributed by atoms with Crippen LogP contribution in [0, 0.1) is 0 Å². The molecule has 0 spiro atoms. The van der Waals surface area contributed by atoms with Crippen molar-refractivity contribution in [2.45, 2.75) is 51.7 Å². The molecule has 0 bridgehead atoms. The van der Waals surface area contributed by atoms with Crippen molar-refractivity contribution < 1.29 is 9.47 Å². The van der Waals surface area contributed by atoms with Gasteiger partial charge in [0.2, 0.25) is 0 Å². The van der Waals surface area contributed by atoms with Gasteiger partial charge in [0.25, 0.3) is 0 Å². The monoisotopic (exact) mass is 374 g/mol. The molecule has 0 amide bonds. The molecule has 150 valence electrons. The number of ether oxygens (including phenoxy) is 2. The molecular formula is C21H34N4O2. The molecule has 0 saturated heterocycles. The van der Waals surface area contributed by atoms with Gasteiger partial charge in [0.05, 0.1) is 34.5 Å². The van der Waals surface area contributed by atoms with E-state index >= 15 is 0 Å². The molecule has 0 saturated carbocycles.